The highest BCUT2D eigenvalue weighted by molar-refractivity contribution is 6.40. The van der Waals surface area contributed by atoms with Crippen LogP contribution in [0.25, 0.3) is 6.08 Å². The molecule has 0 fully saturated rings. The number of amides is 1. The Bertz CT molecular complexity index is 868. The number of nitrogens with one attached hydrogen (secondary N) is 1. The summed E-state index contributed by atoms with van der Waals surface area (Å²) in [6, 6.07) is 12.0. The predicted octanol–water partition coefficient (Wildman–Crippen LogP) is 4.45. The topological polar surface area (TPSA) is 96.0 Å². The van der Waals surface area contributed by atoms with Crippen LogP contribution in [-0.2, 0) is 4.79 Å². The molecule has 120 valence electrons. The highest BCUT2D eigenvalue weighted by Gasteiger charge is 2.14. The molecule has 0 aliphatic rings. The summed E-state index contributed by atoms with van der Waals surface area (Å²) in [5.74, 6) is -0.723. The maximum Gasteiger partial charge on any atom is 0.270 e. The molecule has 0 radical (unpaired) electrons. The van der Waals surface area contributed by atoms with Gasteiger partial charge in [-0.05, 0) is 23.8 Å². The number of anilines is 1. The average molecular weight is 362 g/mol. The predicted molar refractivity (Wildman–Crippen MR) is 91.8 cm³/mol. The molecule has 0 saturated heterocycles. The SMILES string of the molecule is N#C/C(=C\c1cccc([N+](=O)[O-])c1)C(=O)Nc1c(Cl)cccc1Cl. The maximum atomic E-state index is 12.2. The van der Waals surface area contributed by atoms with Gasteiger partial charge in [0.2, 0.25) is 0 Å². The molecule has 24 heavy (non-hydrogen) atoms. The molecule has 0 unspecified atom stereocenters. The first kappa shape index (κ1) is 17.5. The van der Waals surface area contributed by atoms with E-state index < -0.39 is 10.8 Å². The van der Waals surface area contributed by atoms with Crippen molar-refractivity contribution < 1.29 is 9.72 Å². The number of para-hydroxylation sites is 1. The highest BCUT2D eigenvalue weighted by Crippen LogP contribution is 2.30. The van der Waals surface area contributed by atoms with Crippen molar-refractivity contribution >= 4 is 46.6 Å². The molecule has 2 rings (SSSR count). The lowest BCUT2D eigenvalue weighted by molar-refractivity contribution is -0.384. The summed E-state index contributed by atoms with van der Waals surface area (Å²) in [5, 5.41) is 22.9. The summed E-state index contributed by atoms with van der Waals surface area (Å²) in [6.45, 7) is 0. The zero-order valence-corrected chi connectivity index (χ0v) is 13.5. The van der Waals surface area contributed by atoms with Crippen LogP contribution in [-0.4, -0.2) is 10.8 Å². The third-order valence-electron chi connectivity index (χ3n) is 2.96. The Hall–Kier alpha value is -2.88. The maximum absolute atomic E-state index is 12.2. The molecule has 1 amide bonds. The van der Waals surface area contributed by atoms with Gasteiger partial charge in [0.25, 0.3) is 11.6 Å². The van der Waals surface area contributed by atoms with Crippen molar-refractivity contribution in [1.29, 1.82) is 5.26 Å². The van der Waals surface area contributed by atoms with Crippen LogP contribution in [0.3, 0.4) is 0 Å². The molecule has 1 N–H and O–H groups in total. The van der Waals surface area contributed by atoms with Gasteiger partial charge < -0.3 is 5.32 Å². The molecule has 6 nitrogen and oxygen atoms in total. The van der Waals surface area contributed by atoms with E-state index in [0.717, 1.165) is 0 Å². The molecule has 0 heterocycles. The highest BCUT2D eigenvalue weighted by atomic mass is 35.5. The van der Waals surface area contributed by atoms with Gasteiger partial charge in [-0.3, -0.25) is 14.9 Å². The summed E-state index contributed by atoms with van der Waals surface area (Å²) < 4.78 is 0. The summed E-state index contributed by atoms with van der Waals surface area (Å²) in [4.78, 5) is 22.4. The van der Waals surface area contributed by atoms with Gasteiger partial charge in [-0.15, -0.1) is 0 Å². The number of nitrogens with zero attached hydrogens (tertiary/aromatic N) is 2. The van der Waals surface area contributed by atoms with Crippen LogP contribution in [0.4, 0.5) is 11.4 Å². The number of carbonyl (C=O) groups is 1. The van der Waals surface area contributed by atoms with Gasteiger partial charge in [0.1, 0.15) is 11.6 Å². The molecule has 0 aromatic heterocycles. The van der Waals surface area contributed by atoms with Gasteiger partial charge in [0, 0.05) is 12.1 Å². The molecule has 2 aromatic rings. The first-order valence-electron chi connectivity index (χ1n) is 6.54. The first-order valence-corrected chi connectivity index (χ1v) is 7.29. The van der Waals surface area contributed by atoms with Gasteiger partial charge >= 0.3 is 0 Å². The molecular weight excluding hydrogens is 353 g/mol. The molecule has 0 saturated carbocycles. The first-order chi connectivity index (χ1) is 11.4. The smallest absolute Gasteiger partial charge is 0.270 e. The molecule has 8 heteroatoms. The van der Waals surface area contributed by atoms with Gasteiger partial charge in [-0.2, -0.15) is 5.26 Å². The van der Waals surface area contributed by atoms with E-state index in [1.54, 1.807) is 30.3 Å². The lowest BCUT2D eigenvalue weighted by Gasteiger charge is -2.08. The molecular formula is C16H9Cl2N3O3. The zero-order valence-electron chi connectivity index (χ0n) is 12.0. The fourth-order valence-corrected chi connectivity index (χ4v) is 2.33. The van der Waals surface area contributed by atoms with Crippen molar-refractivity contribution in [3.63, 3.8) is 0 Å². The minimum atomic E-state index is -0.723. The Labute approximate surface area is 147 Å². The summed E-state index contributed by atoms with van der Waals surface area (Å²) in [7, 11) is 0. The fourth-order valence-electron chi connectivity index (χ4n) is 1.84. The third-order valence-corrected chi connectivity index (χ3v) is 3.59. The molecule has 0 spiro atoms. The molecule has 0 aliphatic carbocycles. The zero-order chi connectivity index (χ0) is 17.7. The minimum Gasteiger partial charge on any atom is -0.319 e. The number of hydrogen-bond donors (Lipinski definition) is 1. The quantitative estimate of drug-likeness (QED) is 0.376. The van der Waals surface area contributed by atoms with Crippen LogP contribution in [0.15, 0.2) is 48.0 Å². The van der Waals surface area contributed by atoms with Crippen LogP contribution >= 0.6 is 23.2 Å². The Morgan fingerprint density at radius 2 is 1.83 bits per heavy atom. The molecule has 0 atom stereocenters. The number of halogens is 2. The monoisotopic (exact) mass is 361 g/mol. The van der Waals surface area contributed by atoms with Crippen molar-refractivity contribution in [2.24, 2.45) is 0 Å². The van der Waals surface area contributed by atoms with Crippen LogP contribution in [0.5, 0.6) is 0 Å². The molecule has 0 bridgehead atoms. The number of benzene rings is 2. The van der Waals surface area contributed by atoms with Crippen LogP contribution in [0, 0.1) is 21.4 Å². The van der Waals surface area contributed by atoms with E-state index in [0.29, 0.717) is 5.56 Å². The Balaban J connectivity index is 2.31. The van der Waals surface area contributed by atoms with E-state index in [-0.39, 0.29) is 27.0 Å². The van der Waals surface area contributed by atoms with E-state index in [2.05, 4.69) is 5.32 Å². The summed E-state index contributed by atoms with van der Waals surface area (Å²) in [6.07, 6.45) is 1.24. The van der Waals surface area contributed by atoms with Crippen LogP contribution in [0.2, 0.25) is 10.0 Å². The van der Waals surface area contributed by atoms with Crippen LogP contribution < -0.4 is 5.32 Å². The standard InChI is InChI=1S/C16H9Cl2N3O3/c17-13-5-2-6-14(18)15(13)20-16(22)11(9-19)7-10-3-1-4-12(8-10)21(23)24/h1-8H,(H,20,22)/b11-7+. The summed E-state index contributed by atoms with van der Waals surface area (Å²) >= 11 is 11.9. The van der Waals surface area contributed by atoms with Gasteiger partial charge in [0.05, 0.1) is 20.7 Å². The fraction of sp³-hybridized carbons (Fsp3) is 0. The number of carbonyl (C=O) groups excluding carboxylic acids is 1. The molecule has 2 aromatic carbocycles. The lowest BCUT2D eigenvalue weighted by atomic mass is 10.1. The Kier molecular flexibility index (Phi) is 5.53. The Morgan fingerprint density at radius 3 is 2.42 bits per heavy atom. The number of non-ortho nitro benzene ring substituents is 1. The van der Waals surface area contributed by atoms with Crippen molar-refractivity contribution in [3.8, 4) is 6.07 Å². The number of rotatable bonds is 4. The van der Waals surface area contributed by atoms with Crippen molar-refractivity contribution in [1.82, 2.24) is 0 Å². The largest absolute Gasteiger partial charge is 0.319 e. The summed E-state index contributed by atoms with van der Waals surface area (Å²) in [5.41, 5.74) is 0.147. The number of nitro groups is 1. The van der Waals surface area contributed by atoms with Crippen molar-refractivity contribution in [2.45, 2.75) is 0 Å². The van der Waals surface area contributed by atoms with Gasteiger partial charge in [-0.25, -0.2) is 0 Å². The van der Waals surface area contributed by atoms with Gasteiger partial charge in [-0.1, -0.05) is 41.4 Å². The van der Waals surface area contributed by atoms with Gasteiger partial charge in [0.15, 0.2) is 0 Å². The Morgan fingerprint density at radius 1 is 1.21 bits per heavy atom. The number of nitriles is 1. The van der Waals surface area contributed by atoms with E-state index in [4.69, 9.17) is 23.2 Å². The van der Waals surface area contributed by atoms with E-state index >= 15 is 0 Å². The van der Waals surface area contributed by atoms with E-state index in [1.165, 1.54) is 24.3 Å². The second-order valence-electron chi connectivity index (χ2n) is 4.57. The van der Waals surface area contributed by atoms with Crippen molar-refractivity contribution in [3.05, 3.63) is 73.8 Å². The number of nitro benzene ring substituents is 1. The van der Waals surface area contributed by atoms with Crippen LogP contribution in [0.1, 0.15) is 5.56 Å². The lowest BCUT2D eigenvalue weighted by Crippen LogP contribution is -2.14. The number of hydrogen-bond acceptors (Lipinski definition) is 4. The third kappa shape index (κ3) is 4.10. The second kappa shape index (κ2) is 7.59. The van der Waals surface area contributed by atoms with E-state index in [1.807, 2.05) is 0 Å². The molecule has 0 aliphatic heterocycles. The minimum absolute atomic E-state index is 0.143. The second-order valence-corrected chi connectivity index (χ2v) is 5.39. The normalized spacial score (nSPS) is 10.8. The van der Waals surface area contributed by atoms with E-state index in [9.17, 15) is 20.2 Å². The van der Waals surface area contributed by atoms with Crippen molar-refractivity contribution in [2.75, 3.05) is 5.32 Å². The average Bonchev–Trinajstić information content (AvgIpc) is 2.56.